The smallest absolute Gasteiger partial charge is 0.242 e. The van der Waals surface area contributed by atoms with Crippen molar-refractivity contribution in [1.82, 2.24) is 10.2 Å². The van der Waals surface area contributed by atoms with Crippen LogP contribution in [0.15, 0.2) is 29.6 Å². The summed E-state index contributed by atoms with van der Waals surface area (Å²) in [5.41, 5.74) is 1.20. The molecule has 0 radical (unpaired) electrons. The van der Waals surface area contributed by atoms with E-state index in [4.69, 9.17) is 4.74 Å². The first-order valence-electron chi connectivity index (χ1n) is 7.22. The largest absolute Gasteiger partial charge is 0.375 e. The summed E-state index contributed by atoms with van der Waals surface area (Å²) in [6.07, 6.45) is -0.0760. The van der Waals surface area contributed by atoms with Crippen LogP contribution in [0.4, 0.5) is 0 Å². The molecule has 1 aliphatic heterocycles. The Kier molecular flexibility index (Phi) is 5.81. The summed E-state index contributed by atoms with van der Waals surface area (Å²) in [5, 5.41) is 6.63. The van der Waals surface area contributed by atoms with Crippen molar-refractivity contribution in [2.24, 2.45) is 0 Å². The highest BCUT2D eigenvalue weighted by atomic mass is 35.5. The van der Waals surface area contributed by atoms with Crippen molar-refractivity contribution in [3.05, 3.63) is 35.2 Å². The number of ether oxygens (including phenoxy) is 1. The van der Waals surface area contributed by atoms with Crippen molar-refractivity contribution in [3.8, 4) is 0 Å². The first kappa shape index (κ1) is 17.2. The topological polar surface area (TPSA) is 41.6 Å². The van der Waals surface area contributed by atoms with Gasteiger partial charge in [0.25, 0.3) is 0 Å². The minimum atomic E-state index is -0.242. The molecule has 1 amide bonds. The SMILES string of the molecule is C[C@H]1OCCN[C@@H]1C(=O)N(C)Cc1csc2ccccc12.Cl. The molecule has 1 saturated heterocycles. The van der Waals surface area contributed by atoms with Gasteiger partial charge in [-0.1, -0.05) is 18.2 Å². The number of carbonyl (C=O) groups is 1. The Morgan fingerprint density at radius 2 is 2.23 bits per heavy atom. The average Bonchev–Trinajstić information content (AvgIpc) is 2.90. The number of amides is 1. The predicted octanol–water partition coefficient (Wildman–Crippen LogP) is 2.66. The normalized spacial score (nSPS) is 21.4. The minimum absolute atomic E-state index is 0. The summed E-state index contributed by atoms with van der Waals surface area (Å²) in [5.74, 6) is 0.0949. The molecule has 1 N–H and O–H groups in total. The number of benzene rings is 1. The molecule has 0 aliphatic carbocycles. The second kappa shape index (κ2) is 7.42. The Labute approximate surface area is 140 Å². The van der Waals surface area contributed by atoms with Gasteiger partial charge in [0.1, 0.15) is 6.04 Å². The lowest BCUT2D eigenvalue weighted by atomic mass is 10.1. The van der Waals surface area contributed by atoms with Crippen LogP contribution in [0.25, 0.3) is 10.1 Å². The molecule has 0 spiro atoms. The Bertz CT molecular complexity index is 646. The van der Waals surface area contributed by atoms with E-state index in [9.17, 15) is 4.79 Å². The van der Waals surface area contributed by atoms with Gasteiger partial charge in [-0.2, -0.15) is 0 Å². The number of likely N-dealkylation sites (N-methyl/N-ethyl adjacent to an activating group) is 1. The second-order valence-electron chi connectivity index (χ2n) is 5.46. The highest BCUT2D eigenvalue weighted by Gasteiger charge is 2.30. The molecule has 0 saturated carbocycles. The molecule has 1 aliphatic rings. The standard InChI is InChI=1S/C16H20N2O2S.ClH/c1-11-15(17-7-8-20-11)16(19)18(2)9-12-10-21-14-6-4-3-5-13(12)14;/h3-6,10-11,15,17H,7-9H2,1-2H3;1H/t11-,15+;/m1./s1. The van der Waals surface area contributed by atoms with Gasteiger partial charge >= 0.3 is 0 Å². The highest BCUT2D eigenvalue weighted by Crippen LogP contribution is 2.26. The Morgan fingerprint density at radius 3 is 3.00 bits per heavy atom. The molecule has 120 valence electrons. The van der Waals surface area contributed by atoms with Gasteiger partial charge in [-0.15, -0.1) is 23.7 Å². The van der Waals surface area contributed by atoms with Gasteiger partial charge in [-0.05, 0) is 29.3 Å². The van der Waals surface area contributed by atoms with Crippen LogP contribution < -0.4 is 5.32 Å². The van der Waals surface area contributed by atoms with Crippen LogP contribution in [0.5, 0.6) is 0 Å². The number of hydrogen-bond acceptors (Lipinski definition) is 4. The first-order valence-corrected chi connectivity index (χ1v) is 8.10. The summed E-state index contributed by atoms with van der Waals surface area (Å²) < 4.78 is 6.82. The van der Waals surface area contributed by atoms with Crippen molar-refractivity contribution >= 4 is 39.7 Å². The molecule has 2 heterocycles. The Morgan fingerprint density at radius 1 is 1.45 bits per heavy atom. The molecule has 1 aromatic carbocycles. The van der Waals surface area contributed by atoms with Crippen molar-refractivity contribution in [2.45, 2.75) is 25.6 Å². The third-order valence-corrected chi connectivity index (χ3v) is 4.94. The summed E-state index contributed by atoms with van der Waals surface area (Å²) in [7, 11) is 1.86. The second-order valence-corrected chi connectivity index (χ2v) is 6.37. The average molecular weight is 341 g/mol. The molecular formula is C16H21ClN2O2S. The van der Waals surface area contributed by atoms with E-state index in [0.717, 1.165) is 6.54 Å². The van der Waals surface area contributed by atoms with Gasteiger partial charge in [0, 0.05) is 24.8 Å². The van der Waals surface area contributed by atoms with Crippen LogP contribution in [0.2, 0.25) is 0 Å². The van der Waals surface area contributed by atoms with Gasteiger partial charge < -0.3 is 15.0 Å². The molecule has 1 aromatic heterocycles. The van der Waals surface area contributed by atoms with Crippen LogP contribution in [0.1, 0.15) is 12.5 Å². The monoisotopic (exact) mass is 340 g/mol. The van der Waals surface area contributed by atoms with Crippen LogP contribution in [0, 0.1) is 0 Å². The number of carbonyl (C=O) groups excluding carboxylic acids is 1. The van der Waals surface area contributed by atoms with E-state index < -0.39 is 0 Å². The predicted molar refractivity (Wildman–Crippen MR) is 92.8 cm³/mol. The fourth-order valence-corrected chi connectivity index (χ4v) is 3.69. The van der Waals surface area contributed by atoms with E-state index in [-0.39, 0.29) is 30.5 Å². The van der Waals surface area contributed by atoms with Crippen molar-refractivity contribution in [3.63, 3.8) is 0 Å². The maximum atomic E-state index is 12.6. The molecule has 1 fully saturated rings. The number of nitrogens with one attached hydrogen (secondary N) is 1. The van der Waals surface area contributed by atoms with E-state index in [1.165, 1.54) is 15.6 Å². The van der Waals surface area contributed by atoms with Crippen LogP contribution in [-0.2, 0) is 16.1 Å². The number of halogens is 1. The van der Waals surface area contributed by atoms with Gasteiger partial charge in [0.05, 0.1) is 12.7 Å². The van der Waals surface area contributed by atoms with Crippen LogP contribution >= 0.6 is 23.7 Å². The maximum Gasteiger partial charge on any atom is 0.242 e. The number of rotatable bonds is 3. The third kappa shape index (κ3) is 3.43. The number of hydrogen-bond donors (Lipinski definition) is 1. The van der Waals surface area contributed by atoms with E-state index in [0.29, 0.717) is 13.2 Å². The van der Waals surface area contributed by atoms with Crippen molar-refractivity contribution in [2.75, 3.05) is 20.2 Å². The lowest BCUT2D eigenvalue weighted by Crippen LogP contribution is -2.55. The molecule has 2 atom stereocenters. The van der Waals surface area contributed by atoms with E-state index in [2.05, 4.69) is 22.8 Å². The number of nitrogens with zero attached hydrogens (tertiary/aromatic N) is 1. The van der Waals surface area contributed by atoms with Gasteiger partial charge in [-0.3, -0.25) is 4.79 Å². The highest BCUT2D eigenvalue weighted by molar-refractivity contribution is 7.17. The van der Waals surface area contributed by atoms with Crippen molar-refractivity contribution in [1.29, 1.82) is 0 Å². The molecule has 0 bridgehead atoms. The first-order chi connectivity index (χ1) is 10.2. The fourth-order valence-electron chi connectivity index (χ4n) is 2.74. The molecule has 3 rings (SSSR count). The summed E-state index contributed by atoms with van der Waals surface area (Å²) in [4.78, 5) is 14.3. The minimum Gasteiger partial charge on any atom is -0.375 e. The molecule has 6 heteroatoms. The summed E-state index contributed by atoms with van der Waals surface area (Å²) >= 11 is 1.73. The zero-order valence-corrected chi connectivity index (χ0v) is 14.4. The zero-order valence-electron chi connectivity index (χ0n) is 12.7. The molecule has 4 nitrogen and oxygen atoms in total. The van der Waals surface area contributed by atoms with Gasteiger partial charge in [0.15, 0.2) is 0 Å². The molecular weight excluding hydrogens is 320 g/mol. The molecule has 22 heavy (non-hydrogen) atoms. The Hall–Kier alpha value is -1.14. The number of thiophene rings is 1. The summed E-state index contributed by atoms with van der Waals surface area (Å²) in [6, 6.07) is 8.07. The molecule has 2 aromatic rings. The number of fused-ring (bicyclic) bond motifs is 1. The van der Waals surface area contributed by atoms with Gasteiger partial charge in [0.2, 0.25) is 5.91 Å². The Balaban J connectivity index is 0.00000176. The van der Waals surface area contributed by atoms with Crippen LogP contribution in [0.3, 0.4) is 0 Å². The van der Waals surface area contributed by atoms with Gasteiger partial charge in [-0.25, -0.2) is 0 Å². The zero-order chi connectivity index (χ0) is 14.8. The lowest BCUT2D eigenvalue weighted by Gasteiger charge is -2.32. The summed E-state index contributed by atoms with van der Waals surface area (Å²) in [6.45, 7) is 3.98. The molecule has 0 unspecified atom stereocenters. The third-order valence-electron chi connectivity index (χ3n) is 3.93. The van der Waals surface area contributed by atoms with E-state index in [1.807, 2.05) is 26.1 Å². The lowest BCUT2D eigenvalue weighted by molar-refractivity contribution is -0.138. The van der Waals surface area contributed by atoms with Crippen LogP contribution in [-0.4, -0.2) is 43.2 Å². The quantitative estimate of drug-likeness (QED) is 0.934. The maximum absolute atomic E-state index is 12.6. The fraction of sp³-hybridized carbons (Fsp3) is 0.438. The van der Waals surface area contributed by atoms with Crippen molar-refractivity contribution < 1.29 is 9.53 Å². The van der Waals surface area contributed by atoms with E-state index >= 15 is 0 Å². The van der Waals surface area contributed by atoms with E-state index in [1.54, 1.807) is 16.2 Å². The number of morpholine rings is 1.